The van der Waals surface area contributed by atoms with E-state index in [1.54, 1.807) is 0 Å². The van der Waals surface area contributed by atoms with Crippen LogP contribution in [0.5, 0.6) is 0 Å². The van der Waals surface area contributed by atoms with E-state index in [1.807, 2.05) is 48.8 Å². The highest BCUT2D eigenvalue weighted by atomic mass is 16.3. The van der Waals surface area contributed by atoms with E-state index in [0.717, 1.165) is 46.2 Å². The predicted molar refractivity (Wildman–Crippen MR) is 148 cm³/mol. The lowest BCUT2D eigenvalue weighted by molar-refractivity contribution is 0.0947. The number of H-pyrrole nitrogens is 2. The summed E-state index contributed by atoms with van der Waals surface area (Å²) in [6.07, 6.45) is 4.27. The molecule has 1 amide bonds. The molecule has 0 saturated carbocycles. The highest BCUT2D eigenvalue weighted by Crippen LogP contribution is 2.33. The van der Waals surface area contributed by atoms with Gasteiger partial charge in [-0.15, -0.1) is 0 Å². The van der Waals surface area contributed by atoms with Crippen LogP contribution in [0, 0.1) is 6.92 Å². The van der Waals surface area contributed by atoms with Crippen molar-refractivity contribution in [3.8, 4) is 33.9 Å². The Bertz CT molecular complexity index is 1560. The van der Waals surface area contributed by atoms with E-state index in [4.69, 9.17) is 10.1 Å². The predicted octanol–water partition coefficient (Wildman–Crippen LogP) is 4.21. The molecular weight excluding hydrogens is 478 g/mol. The maximum atomic E-state index is 13.0. The zero-order valence-corrected chi connectivity index (χ0v) is 21.5. The van der Waals surface area contributed by atoms with Crippen LogP contribution in [0.25, 0.3) is 44.8 Å². The van der Waals surface area contributed by atoms with Crippen molar-refractivity contribution in [2.75, 3.05) is 19.7 Å². The number of pyridine rings is 1. The van der Waals surface area contributed by atoms with Gasteiger partial charge in [-0.3, -0.25) is 14.9 Å². The first kappa shape index (κ1) is 25.3. The van der Waals surface area contributed by atoms with E-state index in [9.17, 15) is 4.79 Å². The molecule has 0 atom stereocenters. The third-order valence-electron chi connectivity index (χ3n) is 6.58. The molecule has 0 bridgehead atoms. The molecule has 3 heterocycles. The summed E-state index contributed by atoms with van der Waals surface area (Å²) in [6, 6.07) is 15.7. The third kappa shape index (κ3) is 5.06. The molecule has 9 heteroatoms. The number of rotatable bonds is 10. The number of aliphatic hydroxyl groups excluding tert-OH is 1. The molecular formula is C29H31N7O2. The van der Waals surface area contributed by atoms with Gasteiger partial charge in [0, 0.05) is 48.6 Å². The minimum Gasteiger partial charge on any atom is -0.396 e. The Labute approximate surface area is 220 Å². The topological polar surface area (TPSA) is 132 Å². The molecule has 3 aromatic heterocycles. The summed E-state index contributed by atoms with van der Waals surface area (Å²) >= 11 is 0. The van der Waals surface area contributed by atoms with E-state index < -0.39 is 0 Å². The number of fused-ring (bicyclic) bond motifs is 1. The van der Waals surface area contributed by atoms with Crippen LogP contribution < -0.4 is 10.6 Å². The second-order valence-electron chi connectivity index (χ2n) is 9.09. The smallest absolute Gasteiger partial charge is 0.270 e. The molecule has 0 spiro atoms. The fourth-order valence-electron chi connectivity index (χ4n) is 4.48. The summed E-state index contributed by atoms with van der Waals surface area (Å²) in [7, 11) is 0. The zero-order valence-electron chi connectivity index (χ0n) is 21.5. The van der Waals surface area contributed by atoms with Crippen LogP contribution in [0.15, 0.2) is 60.9 Å². The number of amides is 1. The molecule has 2 aromatic carbocycles. The first-order valence-corrected chi connectivity index (χ1v) is 12.8. The Morgan fingerprint density at radius 2 is 1.89 bits per heavy atom. The van der Waals surface area contributed by atoms with Crippen molar-refractivity contribution in [1.29, 1.82) is 0 Å². The van der Waals surface area contributed by atoms with Gasteiger partial charge < -0.3 is 20.7 Å². The first-order chi connectivity index (χ1) is 18.6. The monoisotopic (exact) mass is 509 g/mol. The second kappa shape index (κ2) is 11.4. The van der Waals surface area contributed by atoms with Crippen molar-refractivity contribution < 1.29 is 9.90 Å². The molecule has 194 valence electrons. The standard InChI is InChI=1S/C29H31N7O2/c1-3-30-15-21-16-31-17-23(18(21)2)20-10-11-24-22(14-20)26(36-35-24)28-33-25(19-8-5-4-6-9-19)27(34-28)29(38)32-12-7-13-37/h4-6,8-11,14,16-17,30,37H,3,7,12-13,15H2,1-2H3,(H,32,38)(H,33,34)(H,35,36). The quantitative estimate of drug-likeness (QED) is 0.179. The Morgan fingerprint density at radius 1 is 1.05 bits per heavy atom. The van der Waals surface area contributed by atoms with Crippen molar-refractivity contribution in [3.63, 3.8) is 0 Å². The van der Waals surface area contributed by atoms with Gasteiger partial charge in [0.05, 0.1) is 5.52 Å². The van der Waals surface area contributed by atoms with E-state index in [-0.39, 0.29) is 12.5 Å². The minimum absolute atomic E-state index is 0.00859. The normalized spacial score (nSPS) is 11.2. The van der Waals surface area contributed by atoms with Crippen molar-refractivity contribution in [2.45, 2.75) is 26.8 Å². The number of carbonyl (C=O) groups is 1. The van der Waals surface area contributed by atoms with E-state index in [1.165, 1.54) is 5.56 Å². The molecule has 0 unspecified atom stereocenters. The lowest BCUT2D eigenvalue weighted by atomic mass is 9.98. The maximum absolute atomic E-state index is 13.0. The lowest BCUT2D eigenvalue weighted by Gasteiger charge is -2.11. The maximum Gasteiger partial charge on any atom is 0.270 e. The molecule has 9 nitrogen and oxygen atoms in total. The van der Waals surface area contributed by atoms with Crippen molar-refractivity contribution in [2.24, 2.45) is 0 Å². The van der Waals surface area contributed by atoms with Crippen LogP contribution in [-0.4, -0.2) is 55.9 Å². The fourth-order valence-corrected chi connectivity index (χ4v) is 4.48. The number of nitrogens with one attached hydrogen (secondary N) is 4. The van der Waals surface area contributed by atoms with Gasteiger partial charge in [0.15, 0.2) is 5.82 Å². The summed E-state index contributed by atoms with van der Waals surface area (Å²) in [6.45, 7) is 6.23. The van der Waals surface area contributed by atoms with Gasteiger partial charge in [-0.25, -0.2) is 4.98 Å². The van der Waals surface area contributed by atoms with Crippen LogP contribution in [-0.2, 0) is 6.54 Å². The molecule has 0 aliphatic rings. The van der Waals surface area contributed by atoms with Gasteiger partial charge in [-0.1, -0.05) is 43.3 Å². The number of hydrogen-bond donors (Lipinski definition) is 5. The number of aromatic nitrogens is 5. The summed E-state index contributed by atoms with van der Waals surface area (Å²) < 4.78 is 0. The Balaban J connectivity index is 1.57. The number of imidazole rings is 1. The highest BCUT2D eigenvalue weighted by molar-refractivity contribution is 6.00. The van der Waals surface area contributed by atoms with Gasteiger partial charge in [0.1, 0.15) is 17.1 Å². The number of aliphatic hydroxyl groups is 1. The first-order valence-electron chi connectivity index (χ1n) is 12.8. The molecule has 0 aliphatic heterocycles. The largest absolute Gasteiger partial charge is 0.396 e. The summed E-state index contributed by atoms with van der Waals surface area (Å²) in [5.41, 5.74) is 7.64. The van der Waals surface area contributed by atoms with Gasteiger partial charge >= 0.3 is 0 Å². The number of carbonyl (C=O) groups excluding carboxylic acids is 1. The Kier molecular flexibility index (Phi) is 7.57. The minimum atomic E-state index is -0.282. The van der Waals surface area contributed by atoms with Crippen molar-refractivity contribution in [1.82, 2.24) is 35.8 Å². The molecule has 5 aromatic rings. The van der Waals surface area contributed by atoms with Crippen LogP contribution in [0.2, 0.25) is 0 Å². The van der Waals surface area contributed by atoms with Crippen LogP contribution in [0.4, 0.5) is 0 Å². The van der Waals surface area contributed by atoms with Crippen molar-refractivity contribution in [3.05, 3.63) is 77.7 Å². The van der Waals surface area contributed by atoms with Crippen LogP contribution >= 0.6 is 0 Å². The molecule has 0 saturated heterocycles. The van der Waals surface area contributed by atoms with Gasteiger partial charge in [-0.05, 0) is 48.7 Å². The molecule has 5 rings (SSSR count). The third-order valence-corrected chi connectivity index (χ3v) is 6.58. The summed E-state index contributed by atoms with van der Waals surface area (Å²) in [5, 5.41) is 23.9. The average molecular weight is 510 g/mol. The molecule has 0 radical (unpaired) electrons. The second-order valence-corrected chi connectivity index (χ2v) is 9.09. The van der Waals surface area contributed by atoms with Crippen LogP contribution in [0.3, 0.4) is 0 Å². The van der Waals surface area contributed by atoms with E-state index in [0.29, 0.717) is 35.9 Å². The summed E-state index contributed by atoms with van der Waals surface area (Å²) in [4.78, 5) is 25.6. The Hall–Kier alpha value is -4.34. The zero-order chi connectivity index (χ0) is 26.5. The molecule has 38 heavy (non-hydrogen) atoms. The van der Waals surface area contributed by atoms with Crippen molar-refractivity contribution >= 4 is 16.8 Å². The van der Waals surface area contributed by atoms with E-state index >= 15 is 0 Å². The molecule has 5 N–H and O–H groups in total. The average Bonchev–Trinajstić information content (AvgIpc) is 3.57. The van der Waals surface area contributed by atoms with Gasteiger partial charge in [-0.2, -0.15) is 5.10 Å². The Morgan fingerprint density at radius 3 is 2.68 bits per heavy atom. The number of benzene rings is 2. The molecule has 0 aliphatic carbocycles. The van der Waals surface area contributed by atoms with Gasteiger partial charge in [0.25, 0.3) is 5.91 Å². The SMILES string of the molecule is CCNCc1cncc(-c2ccc3[nH]nc(-c4nc(-c5ccccc5)c(C(=O)NCCCO)[nH]4)c3c2)c1C. The van der Waals surface area contributed by atoms with Gasteiger partial charge in [0.2, 0.25) is 0 Å². The fraction of sp³-hybridized carbons (Fsp3) is 0.241. The number of aromatic amines is 2. The number of hydrogen-bond acceptors (Lipinski definition) is 6. The number of nitrogens with zero attached hydrogens (tertiary/aromatic N) is 3. The molecule has 0 fully saturated rings. The highest BCUT2D eigenvalue weighted by Gasteiger charge is 2.22. The summed E-state index contributed by atoms with van der Waals surface area (Å²) in [5.74, 6) is 0.214. The van der Waals surface area contributed by atoms with E-state index in [2.05, 4.69) is 56.8 Å². The lowest BCUT2D eigenvalue weighted by Crippen LogP contribution is -2.25. The van der Waals surface area contributed by atoms with Crippen LogP contribution in [0.1, 0.15) is 35.0 Å².